The molecule has 0 aromatic heterocycles. The van der Waals surface area contributed by atoms with Gasteiger partial charge in [-0.15, -0.1) is 6.42 Å². The number of terminal acetylenes is 1. The first-order valence-corrected chi connectivity index (χ1v) is 6.18. The Morgan fingerprint density at radius 2 is 2.20 bits per heavy atom. The maximum absolute atomic E-state index is 11.9. The standard InChI is InChI=1S/C13H10BrN3O3/c1-2-5-17(8-12(18)19)13(20)16-11-6-10(14)4-3-9(11)7-15/h1,3-4,6H,5,8H2,(H,16,20)(H,18,19). The van der Waals surface area contributed by atoms with Gasteiger partial charge >= 0.3 is 12.0 Å². The van der Waals surface area contributed by atoms with E-state index in [1.165, 1.54) is 6.07 Å². The number of hydrogen-bond donors (Lipinski definition) is 2. The maximum Gasteiger partial charge on any atom is 0.323 e. The number of nitrogens with zero attached hydrogens (tertiary/aromatic N) is 2. The van der Waals surface area contributed by atoms with Crippen molar-refractivity contribution >= 4 is 33.6 Å². The third-order valence-electron chi connectivity index (χ3n) is 2.24. The number of benzene rings is 1. The number of nitrogens with one attached hydrogen (secondary N) is 1. The molecular weight excluding hydrogens is 326 g/mol. The van der Waals surface area contributed by atoms with Gasteiger partial charge in [0, 0.05) is 4.47 Å². The van der Waals surface area contributed by atoms with E-state index in [0.717, 1.165) is 4.90 Å². The van der Waals surface area contributed by atoms with Gasteiger partial charge in [0.25, 0.3) is 0 Å². The van der Waals surface area contributed by atoms with Crippen molar-refractivity contribution in [3.05, 3.63) is 28.2 Å². The fourth-order valence-corrected chi connectivity index (χ4v) is 1.75. The number of carbonyl (C=O) groups excluding carboxylic acids is 1. The second-order valence-corrected chi connectivity index (χ2v) is 4.60. The lowest BCUT2D eigenvalue weighted by Gasteiger charge is -2.19. The van der Waals surface area contributed by atoms with Crippen LogP contribution in [0, 0.1) is 23.7 Å². The largest absolute Gasteiger partial charge is 0.480 e. The van der Waals surface area contributed by atoms with Gasteiger partial charge in [0.15, 0.2) is 0 Å². The summed E-state index contributed by atoms with van der Waals surface area (Å²) in [6, 6.07) is 5.98. The first-order valence-electron chi connectivity index (χ1n) is 5.38. The van der Waals surface area contributed by atoms with Gasteiger partial charge in [-0.05, 0) is 18.2 Å². The van der Waals surface area contributed by atoms with E-state index in [-0.39, 0.29) is 17.8 Å². The van der Waals surface area contributed by atoms with Gasteiger partial charge in [-0.25, -0.2) is 4.79 Å². The number of rotatable bonds is 4. The van der Waals surface area contributed by atoms with Crippen LogP contribution in [0.25, 0.3) is 0 Å². The monoisotopic (exact) mass is 335 g/mol. The van der Waals surface area contributed by atoms with Crippen molar-refractivity contribution in [2.24, 2.45) is 0 Å². The summed E-state index contributed by atoms with van der Waals surface area (Å²) in [6.45, 7) is -0.667. The van der Waals surface area contributed by atoms with E-state index in [0.29, 0.717) is 4.47 Å². The van der Waals surface area contributed by atoms with Crippen LogP contribution in [0.5, 0.6) is 0 Å². The highest BCUT2D eigenvalue weighted by Gasteiger charge is 2.17. The normalized spacial score (nSPS) is 9.15. The quantitative estimate of drug-likeness (QED) is 0.821. The lowest BCUT2D eigenvalue weighted by Crippen LogP contribution is -2.39. The predicted octanol–water partition coefficient (Wildman–Crippen LogP) is 1.87. The van der Waals surface area contributed by atoms with E-state index >= 15 is 0 Å². The molecule has 7 heteroatoms. The zero-order chi connectivity index (χ0) is 15.1. The number of aliphatic carboxylic acids is 1. The Balaban J connectivity index is 2.93. The average molecular weight is 336 g/mol. The minimum atomic E-state index is -1.18. The summed E-state index contributed by atoms with van der Waals surface area (Å²) >= 11 is 3.22. The molecule has 0 aliphatic carbocycles. The number of anilines is 1. The zero-order valence-corrected chi connectivity index (χ0v) is 11.8. The number of urea groups is 1. The molecule has 102 valence electrons. The van der Waals surface area contributed by atoms with Crippen molar-refractivity contribution in [3.63, 3.8) is 0 Å². The molecular formula is C13H10BrN3O3. The Hall–Kier alpha value is -2.51. The SMILES string of the molecule is C#CCN(CC(=O)O)C(=O)Nc1cc(Br)ccc1C#N. The number of carboxylic acids is 1. The summed E-state index contributed by atoms with van der Waals surface area (Å²) < 4.78 is 0.675. The van der Waals surface area contributed by atoms with E-state index in [4.69, 9.17) is 16.8 Å². The zero-order valence-electron chi connectivity index (χ0n) is 10.3. The third-order valence-corrected chi connectivity index (χ3v) is 2.73. The number of carboxylic acid groups (broad SMARTS) is 1. The highest BCUT2D eigenvalue weighted by Crippen LogP contribution is 2.21. The summed E-state index contributed by atoms with van der Waals surface area (Å²) in [5.74, 6) is 1.03. The van der Waals surface area contributed by atoms with Crippen LogP contribution in [0.15, 0.2) is 22.7 Å². The van der Waals surface area contributed by atoms with E-state index < -0.39 is 18.5 Å². The summed E-state index contributed by atoms with van der Waals surface area (Å²) in [5, 5.41) is 20.1. The van der Waals surface area contributed by atoms with Crippen molar-refractivity contribution in [3.8, 4) is 18.4 Å². The van der Waals surface area contributed by atoms with Crippen molar-refractivity contribution < 1.29 is 14.7 Å². The minimum Gasteiger partial charge on any atom is -0.480 e. The summed E-state index contributed by atoms with van der Waals surface area (Å²) in [5.41, 5.74) is 0.539. The molecule has 2 N–H and O–H groups in total. The molecule has 2 amide bonds. The molecule has 0 aliphatic rings. The number of carbonyl (C=O) groups is 2. The lowest BCUT2D eigenvalue weighted by atomic mass is 10.2. The molecule has 1 rings (SSSR count). The molecule has 1 aromatic carbocycles. The highest BCUT2D eigenvalue weighted by molar-refractivity contribution is 9.10. The van der Waals surface area contributed by atoms with Crippen LogP contribution in [0.1, 0.15) is 5.56 Å². The second kappa shape index (κ2) is 7.17. The van der Waals surface area contributed by atoms with Gasteiger partial charge < -0.3 is 15.3 Å². The maximum atomic E-state index is 11.9. The minimum absolute atomic E-state index is 0.145. The molecule has 0 fully saturated rings. The highest BCUT2D eigenvalue weighted by atomic mass is 79.9. The van der Waals surface area contributed by atoms with Crippen LogP contribution in [-0.4, -0.2) is 35.1 Å². The molecule has 0 unspecified atom stereocenters. The second-order valence-electron chi connectivity index (χ2n) is 3.69. The van der Waals surface area contributed by atoms with E-state index in [2.05, 4.69) is 27.2 Å². The molecule has 0 atom stereocenters. The Labute approximate surface area is 124 Å². The predicted molar refractivity (Wildman–Crippen MR) is 75.9 cm³/mol. The van der Waals surface area contributed by atoms with Crippen molar-refractivity contribution in [1.29, 1.82) is 5.26 Å². The molecule has 0 saturated carbocycles. The Morgan fingerprint density at radius 1 is 1.50 bits per heavy atom. The first-order chi connectivity index (χ1) is 9.47. The van der Waals surface area contributed by atoms with Crippen LogP contribution in [0.4, 0.5) is 10.5 Å². The van der Waals surface area contributed by atoms with Crippen LogP contribution in [0.3, 0.4) is 0 Å². The number of halogens is 1. The fourth-order valence-electron chi connectivity index (χ4n) is 1.38. The number of amides is 2. The lowest BCUT2D eigenvalue weighted by molar-refractivity contribution is -0.137. The van der Waals surface area contributed by atoms with E-state index in [1.54, 1.807) is 12.1 Å². The van der Waals surface area contributed by atoms with E-state index in [9.17, 15) is 9.59 Å². The molecule has 1 aromatic rings. The van der Waals surface area contributed by atoms with E-state index in [1.807, 2.05) is 6.07 Å². The summed E-state index contributed by atoms with van der Waals surface area (Å²) in [4.78, 5) is 23.6. The van der Waals surface area contributed by atoms with Gasteiger partial charge in [0.1, 0.15) is 12.6 Å². The Morgan fingerprint density at radius 3 is 2.75 bits per heavy atom. The molecule has 0 radical (unpaired) electrons. The van der Waals surface area contributed by atoms with Crippen molar-refractivity contribution in [2.45, 2.75) is 0 Å². The van der Waals surface area contributed by atoms with Crippen LogP contribution in [0.2, 0.25) is 0 Å². The third kappa shape index (κ3) is 4.30. The van der Waals surface area contributed by atoms with Gasteiger partial charge in [-0.3, -0.25) is 4.79 Å². The molecule has 0 saturated heterocycles. The summed E-state index contributed by atoms with van der Waals surface area (Å²) in [6.07, 6.45) is 5.09. The molecule has 6 nitrogen and oxygen atoms in total. The molecule has 20 heavy (non-hydrogen) atoms. The molecule has 0 bridgehead atoms. The van der Waals surface area contributed by atoms with Crippen molar-refractivity contribution in [1.82, 2.24) is 4.90 Å². The smallest absolute Gasteiger partial charge is 0.323 e. The number of hydrogen-bond acceptors (Lipinski definition) is 3. The van der Waals surface area contributed by atoms with Crippen LogP contribution >= 0.6 is 15.9 Å². The fraction of sp³-hybridized carbons (Fsp3) is 0.154. The first kappa shape index (κ1) is 15.5. The van der Waals surface area contributed by atoms with Crippen molar-refractivity contribution in [2.75, 3.05) is 18.4 Å². The molecule has 0 heterocycles. The van der Waals surface area contributed by atoms with Crippen LogP contribution < -0.4 is 5.32 Å². The van der Waals surface area contributed by atoms with Crippen LogP contribution in [-0.2, 0) is 4.79 Å². The Kier molecular flexibility index (Phi) is 5.57. The average Bonchev–Trinajstić information content (AvgIpc) is 2.38. The van der Waals surface area contributed by atoms with Gasteiger partial charge in [0.05, 0.1) is 17.8 Å². The van der Waals surface area contributed by atoms with Gasteiger partial charge in [0.2, 0.25) is 0 Å². The Bertz CT molecular complexity index is 616. The topological polar surface area (TPSA) is 93.4 Å². The molecule has 0 aliphatic heterocycles. The number of nitriles is 1. The summed E-state index contributed by atoms with van der Waals surface area (Å²) in [7, 11) is 0. The van der Waals surface area contributed by atoms with Gasteiger partial charge in [-0.1, -0.05) is 21.9 Å². The molecule has 0 spiro atoms. The van der Waals surface area contributed by atoms with Gasteiger partial charge in [-0.2, -0.15) is 5.26 Å².